The van der Waals surface area contributed by atoms with E-state index < -0.39 is 0 Å². The van der Waals surface area contributed by atoms with Crippen LogP contribution in [0.4, 0.5) is 0 Å². The van der Waals surface area contributed by atoms with Crippen LogP contribution in [-0.2, 0) is 0 Å². The summed E-state index contributed by atoms with van der Waals surface area (Å²) >= 11 is 0. The van der Waals surface area contributed by atoms with E-state index in [4.69, 9.17) is 0 Å². The largest absolute Gasteiger partial charge is 0.237 e. The van der Waals surface area contributed by atoms with Crippen LogP contribution >= 0.6 is 0 Å². The number of rotatable bonds is 1. The molecular formula is C6H4N5. The fourth-order valence-electron chi connectivity index (χ4n) is 0.718. The Morgan fingerprint density at radius 2 is 2.36 bits per heavy atom. The van der Waals surface area contributed by atoms with Crippen molar-refractivity contribution in [3.8, 4) is 5.82 Å². The molecule has 0 saturated heterocycles. The van der Waals surface area contributed by atoms with E-state index >= 15 is 0 Å². The van der Waals surface area contributed by atoms with Gasteiger partial charge in [-0.05, 0) is 22.6 Å². The van der Waals surface area contributed by atoms with Crippen LogP contribution in [0.1, 0.15) is 0 Å². The van der Waals surface area contributed by atoms with Crippen LogP contribution in [-0.4, -0.2) is 25.2 Å². The van der Waals surface area contributed by atoms with Crippen molar-refractivity contribution in [1.82, 2.24) is 25.2 Å². The lowest BCUT2D eigenvalue weighted by atomic mass is 10.5. The minimum Gasteiger partial charge on any atom is -0.237 e. The Labute approximate surface area is 62.7 Å². The van der Waals surface area contributed by atoms with Crippen LogP contribution < -0.4 is 0 Å². The van der Waals surface area contributed by atoms with Crippen LogP contribution in [0.2, 0.25) is 0 Å². The highest BCUT2D eigenvalue weighted by Gasteiger charge is 1.95. The van der Waals surface area contributed by atoms with Crippen molar-refractivity contribution in [2.45, 2.75) is 0 Å². The standard InChI is InChI=1S/C6H4N5/c1-2-4-7-6(3-1)11-5-8-9-10-11/h1-4H. The van der Waals surface area contributed by atoms with E-state index in [1.165, 1.54) is 4.68 Å². The van der Waals surface area contributed by atoms with Gasteiger partial charge in [0.2, 0.25) is 6.33 Å². The SMILES string of the molecule is [c]1nnnn1-c1ccccn1. The summed E-state index contributed by atoms with van der Waals surface area (Å²) in [7, 11) is 0. The molecule has 0 atom stereocenters. The molecule has 11 heavy (non-hydrogen) atoms. The Morgan fingerprint density at radius 3 is 3.00 bits per heavy atom. The summed E-state index contributed by atoms with van der Waals surface area (Å²) < 4.78 is 1.38. The average molecular weight is 146 g/mol. The van der Waals surface area contributed by atoms with Crippen molar-refractivity contribution in [1.29, 1.82) is 0 Å². The second kappa shape index (κ2) is 2.45. The number of pyridine rings is 1. The Bertz CT molecular complexity index is 314. The monoisotopic (exact) mass is 146 g/mol. The van der Waals surface area contributed by atoms with Crippen LogP contribution in [0, 0.1) is 6.33 Å². The lowest BCUT2D eigenvalue weighted by Crippen LogP contribution is -1.97. The summed E-state index contributed by atoms with van der Waals surface area (Å²) in [4.78, 5) is 4.01. The maximum absolute atomic E-state index is 4.01. The van der Waals surface area contributed by atoms with E-state index in [0.29, 0.717) is 5.82 Å². The van der Waals surface area contributed by atoms with E-state index in [1.54, 1.807) is 12.3 Å². The third-order valence-electron chi connectivity index (χ3n) is 1.18. The zero-order chi connectivity index (χ0) is 7.52. The molecule has 0 aliphatic heterocycles. The third-order valence-corrected chi connectivity index (χ3v) is 1.18. The molecular weight excluding hydrogens is 142 g/mol. The molecule has 0 unspecified atom stereocenters. The van der Waals surface area contributed by atoms with E-state index in [9.17, 15) is 0 Å². The predicted molar refractivity (Wildman–Crippen MR) is 35.8 cm³/mol. The Morgan fingerprint density at radius 1 is 1.36 bits per heavy atom. The van der Waals surface area contributed by atoms with Gasteiger partial charge in [-0.25, -0.2) is 4.98 Å². The van der Waals surface area contributed by atoms with E-state index in [-0.39, 0.29) is 0 Å². The van der Waals surface area contributed by atoms with Crippen LogP contribution in [0.5, 0.6) is 0 Å². The zero-order valence-electron chi connectivity index (χ0n) is 5.55. The predicted octanol–water partition coefficient (Wildman–Crippen LogP) is -0.143. The van der Waals surface area contributed by atoms with E-state index in [0.717, 1.165) is 0 Å². The molecule has 0 aromatic carbocycles. The van der Waals surface area contributed by atoms with Gasteiger partial charge >= 0.3 is 0 Å². The molecule has 5 heteroatoms. The highest BCUT2D eigenvalue weighted by Crippen LogP contribution is 1.95. The van der Waals surface area contributed by atoms with Crippen molar-refractivity contribution < 1.29 is 0 Å². The summed E-state index contributed by atoms with van der Waals surface area (Å²) in [5.74, 6) is 0.664. The molecule has 2 rings (SSSR count). The van der Waals surface area contributed by atoms with Gasteiger partial charge in [0.15, 0.2) is 5.82 Å². The smallest absolute Gasteiger partial charge is 0.228 e. The molecule has 0 aliphatic carbocycles. The van der Waals surface area contributed by atoms with Crippen LogP contribution in [0.25, 0.3) is 5.82 Å². The summed E-state index contributed by atoms with van der Waals surface area (Å²) in [6, 6.07) is 5.48. The minimum atomic E-state index is 0.664. The highest BCUT2D eigenvalue weighted by molar-refractivity contribution is 5.17. The van der Waals surface area contributed by atoms with Crippen molar-refractivity contribution in [3.63, 3.8) is 0 Å². The molecule has 0 N–H and O–H groups in total. The van der Waals surface area contributed by atoms with Gasteiger partial charge in [0, 0.05) is 6.20 Å². The average Bonchev–Trinajstić information content (AvgIpc) is 2.58. The van der Waals surface area contributed by atoms with Gasteiger partial charge in [-0.15, -0.1) is 5.10 Å². The van der Waals surface area contributed by atoms with Crippen molar-refractivity contribution in [3.05, 3.63) is 30.7 Å². The number of hydrogen-bond donors (Lipinski definition) is 0. The van der Waals surface area contributed by atoms with Crippen molar-refractivity contribution >= 4 is 0 Å². The maximum atomic E-state index is 4.01. The number of tetrazole rings is 1. The van der Waals surface area contributed by atoms with Crippen LogP contribution in [0.3, 0.4) is 0 Å². The molecule has 0 fully saturated rings. The minimum absolute atomic E-state index is 0.664. The third kappa shape index (κ3) is 1.07. The Balaban J connectivity index is 2.46. The molecule has 0 amide bonds. The molecule has 5 nitrogen and oxygen atoms in total. The van der Waals surface area contributed by atoms with E-state index in [1.807, 2.05) is 12.1 Å². The Hall–Kier alpha value is -1.78. The molecule has 2 heterocycles. The van der Waals surface area contributed by atoms with Crippen molar-refractivity contribution in [2.24, 2.45) is 0 Å². The summed E-state index contributed by atoms with van der Waals surface area (Å²) in [5, 5.41) is 10.4. The number of aromatic nitrogens is 5. The number of hydrogen-bond acceptors (Lipinski definition) is 4. The second-order valence-electron chi connectivity index (χ2n) is 1.88. The number of nitrogens with zero attached hydrogens (tertiary/aromatic N) is 5. The lowest BCUT2D eigenvalue weighted by Gasteiger charge is -1.92. The van der Waals surface area contributed by atoms with Gasteiger partial charge in [-0.1, -0.05) is 6.07 Å². The first-order chi connectivity index (χ1) is 5.47. The van der Waals surface area contributed by atoms with Crippen molar-refractivity contribution in [2.75, 3.05) is 0 Å². The molecule has 0 aliphatic rings. The van der Waals surface area contributed by atoms with Gasteiger partial charge in [0.25, 0.3) is 0 Å². The zero-order valence-corrected chi connectivity index (χ0v) is 5.55. The molecule has 0 saturated carbocycles. The lowest BCUT2D eigenvalue weighted by molar-refractivity contribution is 0.769. The quantitative estimate of drug-likeness (QED) is 0.561. The first-order valence-corrected chi connectivity index (χ1v) is 3.04. The summed E-state index contributed by atoms with van der Waals surface area (Å²) in [5.41, 5.74) is 0. The molecule has 2 aromatic rings. The summed E-state index contributed by atoms with van der Waals surface area (Å²) in [6.07, 6.45) is 4.21. The van der Waals surface area contributed by atoms with Gasteiger partial charge in [0.1, 0.15) is 0 Å². The Kier molecular flexibility index (Phi) is 1.33. The fraction of sp³-hybridized carbons (Fsp3) is 0. The summed E-state index contributed by atoms with van der Waals surface area (Å²) in [6.45, 7) is 0. The first-order valence-electron chi connectivity index (χ1n) is 3.04. The highest BCUT2D eigenvalue weighted by atomic mass is 15.5. The van der Waals surface area contributed by atoms with Gasteiger partial charge in [0.05, 0.1) is 0 Å². The topological polar surface area (TPSA) is 56.5 Å². The molecule has 53 valence electrons. The molecule has 0 spiro atoms. The van der Waals surface area contributed by atoms with Gasteiger partial charge in [-0.3, -0.25) is 0 Å². The van der Waals surface area contributed by atoms with Gasteiger partial charge in [-0.2, -0.15) is 4.68 Å². The normalized spacial score (nSPS) is 9.82. The van der Waals surface area contributed by atoms with Gasteiger partial charge < -0.3 is 0 Å². The second-order valence-corrected chi connectivity index (χ2v) is 1.88. The molecule has 0 bridgehead atoms. The fourth-order valence-corrected chi connectivity index (χ4v) is 0.718. The molecule has 1 radical (unpaired) electrons. The van der Waals surface area contributed by atoms with Crippen LogP contribution in [0.15, 0.2) is 24.4 Å². The first kappa shape index (κ1) is 5.96. The van der Waals surface area contributed by atoms with E-state index in [2.05, 4.69) is 26.8 Å². The maximum Gasteiger partial charge on any atom is 0.228 e. The molecule has 2 aromatic heterocycles.